The Balaban J connectivity index is 1.92. The summed E-state index contributed by atoms with van der Waals surface area (Å²) < 4.78 is 29.8. The van der Waals surface area contributed by atoms with Crippen molar-refractivity contribution in [2.75, 3.05) is 25.5 Å². The first-order valence-corrected chi connectivity index (χ1v) is 9.54. The van der Waals surface area contributed by atoms with Gasteiger partial charge in [0.2, 0.25) is 5.91 Å². The van der Waals surface area contributed by atoms with Gasteiger partial charge >= 0.3 is 0 Å². The molecule has 0 radical (unpaired) electrons. The Hall–Kier alpha value is -1.40. The number of hydrogen-bond acceptors (Lipinski definition) is 4. The first kappa shape index (κ1) is 17.9. The molecule has 1 aromatic rings. The monoisotopic (exact) mass is 339 g/mol. The van der Waals surface area contributed by atoms with Crippen LogP contribution in [0.4, 0.5) is 0 Å². The minimum atomic E-state index is -3.39. The second kappa shape index (κ2) is 7.01. The van der Waals surface area contributed by atoms with Gasteiger partial charge in [-0.3, -0.25) is 4.79 Å². The van der Waals surface area contributed by atoms with Crippen LogP contribution in [0.25, 0.3) is 0 Å². The molecule has 1 saturated heterocycles. The molecule has 5 nitrogen and oxygen atoms in total. The molecule has 128 valence electrons. The van der Waals surface area contributed by atoms with Crippen molar-refractivity contribution >= 4 is 15.7 Å². The van der Waals surface area contributed by atoms with Crippen molar-refractivity contribution in [1.29, 1.82) is 0 Å². The van der Waals surface area contributed by atoms with Crippen molar-refractivity contribution in [2.45, 2.75) is 37.5 Å². The summed E-state index contributed by atoms with van der Waals surface area (Å²) in [4.78, 5) is 12.1. The van der Waals surface area contributed by atoms with Gasteiger partial charge in [-0.1, -0.05) is 32.9 Å². The van der Waals surface area contributed by atoms with Crippen LogP contribution < -0.4 is 5.32 Å². The van der Waals surface area contributed by atoms with E-state index in [9.17, 15) is 13.2 Å². The van der Waals surface area contributed by atoms with Gasteiger partial charge in [0.05, 0.1) is 23.2 Å². The maximum absolute atomic E-state index is 12.3. The molecule has 1 aliphatic rings. The lowest BCUT2D eigenvalue weighted by Gasteiger charge is -2.19. The van der Waals surface area contributed by atoms with Gasteiger partial charge in [0.1, 0.15) is 0 Å². The molecule has 1 amide bonds. The van der Waals surface area contributed by atoms with E-state index in [-0.39, 0.29) is 29.5 Å². The highest BCUT2D eigenvalue weighted by Crippen LogP contribution is 2.23. The van der Waals surface area contributed by atoms with Crippen LogP contribution in [0.2, 0.25) is 0 Å². The third kappa shape index (κ3) is 4.78. The van der Waals surface area contributed by atoms with E-state index < -0.39 is 9.84 Å². The van der Waals surface area contributed by atoms with Gasteiger partial charge in [0.25, 0.3) is 0 Å². The fraction of sp³-hybridized carbons (Fsp3) is 0.588. The highest BCUT2D eigenvalue weighted by molar-refractivity contribution is 7.91. The Morgan fingerprint density at radius 2 is 1.91 bits per heavy atom. The Kier molecular flexibility index (Phi) is 5.47. The highest BCUT2D eigenvalue weighted by Gasteiger charge is 2.24. The summed E-state index contributed by atoms with van der Waals surface area (Å²) in [6, 6.07) is 6.98. The predicted molar refractivity (Wildman–Crippen MR) is 89.1 cm³/mol. The average Bonchev–Trinajstić information content (AvgIpc) is 3.00. The Bertz CT molecular complexity index is 638. The maximum Gasteiger partial charge on any atom is 0.225 e. The standard InChI is InChI=1S/C17H25NO4S/c1-17(2,3)14-4-6-15(7-5-14)23(20,21)11-9-18-16(19)13-8-10-22-12-13/h4-7,13H,8-12H2,1-3H3,(H,18,19). The topological polar surface area (TPSA) is 72.5 Å². The molecule has 2 rings (SSSR count). The number of ether oxygens (including phenoxy) is 1. The lowest BCUT2D eigenvalue weighted by atomic mass is 9.87. The summed E-state index contributed by atoms with van der Waals surface area (Å²) in [5, 5.41) is 2.69. The fourth-order valence-corrected chi connectivity index (χ4v) is 3.63. The van der Waals surface area contributed by atoms with Crippen molar-refractivity contribution in [1.82, 2.24) is 5.32 Å². The van der Waals surface area contributed by atoms with Crippen LogP contribution in [0.1, 0.15) is 32.8 Å². The van der Waals surface area contributed by atoms with Gasteiger partial charge in [-0.05, 0) is 29.5 Å². The molecule has 1 N–H and O–H groups in total. The molecule has 0 saturated carbocycles. The fourth-order valence-electron chi connectivity index (χ4n) is 2.47. The molecule has 1 unspecified atom stereocenters. The third-order valence-corrected chi connectivity index (χ3v) is 5.78. The molecule has 1 aromatic carbocycles. The number of amides is 1. The lowest BCUT2D eigenvalue weighted by molar-refractivity contribution is -0.124. The number of carbonyl (C=O) groups excluding carboxylic acids is 1. The maximum atomic E-state index is 12.3. The van der Waals surface area contributed by atoms with Gasteiger partial charge in [-0.2, -0.15) is 0 Å². The van der Waals surface area contributed by atoms with Crippen LogP contribution >= 0.6 is 0 Å². The van der Waals surface area contributed by atoms with Crippen molar-refractivity contribution < 1.29 is 17.9 Å². The van der Waals surface area contributed by atoms with Crippen LogP contribution in [0.15, 0.2) is 29.2 Å². The Labute approximate surface area is 138 Å². The summed E-state index contributed by atoms with van der Waals surface area (Å²) in [6.07, 6.45) is 0.701. The van der Waals surface area contributed by atoms with E-state index in [1.165, 1.54) is 0 Å². The normalized spacial score (nSPS) is 18.8. The molecular formula is C17H25NO4S. The van der Waals surface area contributed by atoms with Crippen LogP contribution in [0, 0.1) is 5.92 Å². The van der Waals surface area contributed by atoms with Gasteiger partial charge < -0.3 is 10.1 Å². The molecule has 1 atom stereocenters. The third-order valence-electron chi connectivity index (χ3n) is 4.05. The highest BCUT2D eigenvalue weighted by atomic mass is 32.2. The first-order valence-electron chi connectivity index (χ1n) is 7.89. The Morgan fingerprint density at radius 3 is 2.43 bits per heavy atom. The van der Waals surface area contributed by atoms with E-state index in [1.807, 2.05) is 12.1 Å². The molecular weight excluding hydrogens is 314 g/mol. The second-order valence-corrected chi connectivity index (χ2v) is 9.05. The summed E-state index contributed by atoms with van der Waals surface area (Å²) in [6.45, 7) is 7.39. The quantitative estimate of drug-likeness (QED) is 0.889. The number of rotatable bonds is 5. The minimum Gasteiger partial charge on any atom is -0.381 e. The number of sulfone groups is 1. The number of nitrogens with one attached hydrogen (secondary N) is 1. The number of benzene rings is 1. The molecule has 1 fully saturated rings. The van der Waals surface area contributed by atoms with Gasteiger partial charge in [-0.15, -0.1) is 0 Å². The summed E-state index contributed by atoms with van der Waals surface area (Å²) >= 11 is 0. The molecule has 1 heterocycles. The predicted octanol–water partition coefficient (Wildman–Crippen LogP) is 1.91. The molecule has 1 aliphatic heterocycles. The molecule has 6 heteroatoms. The largest absolute Gasteiger partial charge is 0.381 e. The smallest absolute Gasteiger partial charge is 0.225 e. The SMILES string of the molecule is CC(C)(C)c1ccc(S(=O)(=O)CCNC(=O)C2CCOC2)cc1. The second-order valence-electron chi connectivity index (χ2n) is 6.94. The van der Waals surface area contributed by atoms with E-state index in [4.69, 9.17) is 4.74 Å². The van der Waals surface area contributed by atoms with Crippen LogP contribution in [-0.4, -0.2) is 39.8 Å². The van der Waals surface area contributed by atoms with E-state index in [0.29, 0.717) is 24.5 Å². The Morgan fingerprint density at radius 1 is 1.26 bits per heavy atom. The van der Waals surface area contributed by atoms with Crippen molar-refractivity contribution in [2.24, 2.45) is 5.92 Å². The molecule has 0 aliphatic carbocycles. The first-order chi connectivity index (χ1) is 10.7. The molecule has 0 bridgehead atoms. The van der Waals surface area contributed by atoms with Gasteiger partial charge in [0.15, 0.2) is 9.84 Å². The van der Waals surface area contributed by atoms with Gasteiger partial charge in [-0.25, -0.2) is 8.42 Å². The molecule has 23 heavy (non-hydrogen) atoms. The molecule has 0 aromatic heterocycles. The molecule has 0 spiro atoms. The van der Waals surface area contributed by atoms with Crippen molar-refractivity contribution in [3.8, 4) is 0 Å². The minimum absolute atomic E-state index is 0.0143. The summed E-state index contributed by atoms with van der Waals surface area (Å²) in [5.74, 6) is -0.370. The summed E-state index contributed by atoms with van der Waals surface area (Å²) in [7, 11) is -3.39. The van der Waals surface area contributed by atoms with E-state index >= 15 is 0 Å². The van der Waals surface area contributed by atoms with Crippen LogP contribution in [-0.2, 0) is 24.8 Å². The zero-order valence-corrected chi connectivity index (χ0v) is 14.8. The summed E-state index contributed by atoms with van der Waals surface area (Å²) in [5.41, 5.74) is 1.07. The van der Waals surface area contributed by atoms with Crippen molar-refractivity contribution in [3.63, 3.8) is 0 Å². The van der Waals surface area contributed by atoms with Crippen LogP contribution in [0.5, 0.6) is 0 Å². The van der Waals surface area contributed by atoms with E-state index in [2.05, 4.69) is 26.1 Å². The number of carbonyl (C=O) groups is 1. The van der Waals surface area contributed by atoms with E-state index in [0.717, 1.165) is 5.56 Å². The number of hydrogen-bond donors (Lipinski definition) is 1. The lowest BCUT2D eigenvalue weighted by Crippen LogP contribution is -2.34. The van der Waals surface area contributed by atoms with E-state index in [1.54, 1.807) is 12.1 Å². The average molecular weight is 339 g/mol. The van der Waals surface area contributed by atoms with Gasteiger partial charge in [0, 0.05) is 13.2 Å². The van der Waals surface area contributed by atoms with Crippen molar-refractivity contribution in [3.05, 3.63) is 29.8 Å². The zero-order valence-electron chi connectivity index (χ0n) is 14.0. The zero-order chi connectivity index (χ0) is 17.1. The van der Waals surface area contributed by atoms with Crippen LogP contribution in [0.3, 0.4) is 0 Å².